The number of halogens is 1. The van der Waals surface area contributed by atoms with Crippen LogP contribution in [-0.4, -0.2) is 15.4 Å². The molecule has 1 aromatic heterocycles. The molecule has 0 spiro atoms. The lowest BCUT2D eigenvalue weighted by Crippen LogP contribution is -2.01. The van der Waals surface area contributed by atoms with Gasteiger partial charge in [-0.2, -0.15) is 4.37 Å². The van der Waals surface area contributed by atoms with Gasteiger partial charge in [0, 0.05) is 11.8 Å². The van der Waals surface area contributed by atoms with Crippen LogP contribution in [0.4, 0.5) is 0 Å². The van der Waals surface area contributed by atoms with Gasteiger partial charge in [0.15, 0.2) is 0 Å². The first-order valence-corrected chi connectivity index (χ1v) is 6.29. The van der Waals surface area contributed by atoms with Gasteiger partial charge in [-0.1, -0.05) is 12.1 Å². The quantitative estimate of drug-likeness (QED) is 0.941. The van der Waals surface area contributed by atoms with Crippen molar-refractivity contribution in [2.45, 2.75) is 6.61 Å². The number of rotatable bonds is 4. The molecule has 0 aliphatic heterocycles. The van der Waals surface area contributed by atoms with Gasteiger partial charge in [0.05, 0.1) is 4.47 Å². The average molecular weight is 314 g/mol. The van der Waals surface area contributed by atoms with E-state index in [1.54, 1.807) is 0 Å². The van der Waals surface area contributed by atoms with E-state index in [-0.39, 0.29) is 11.5 Å². The van der Waals surface area contributed by atoms with Crippen molar-refractivity contribution in [1.82, 2.24) is 4.37 Å². The first-order chi connectivity index (χ1) is 8.18. The Morgan fingerprint density at radius 3 is 2.94 bits per heavy atom. The lowest BCUT2D eigenvalue weighted by molar-refractivity contribution is 0.0699. The minimum Gasteiger partial charge on any atom is -0.488 e. The second-order valence-electron chi connectivity index (χ2n) is 3.20. The van der Waals surface area contributed by atoms with Crippen LogP contribution in [0.1, 0.15) is 15.2 Å². The number of carboxylic acid groups (broad SMARTS) is 1. The highest BCUT2D eigenvalue weighted by Crippen LogP contribution is 2.25. The maximum atomic E-state index is 10.9. The molecule has 6 heteroatoms. The van der Waals surface area contributed by atoms with Crippen LogP contribution in [0.3, 0.4) is 0 Å². The predicted molar refractivity (Wildman–Crippen MR) is 67.5 cm³/mol. The van der Waals surface area contributed by atoms with Crippen LogP contribution in [0.15, 0.2) is 34.9 Å². The molecule has 0 bridgehead atoms. The standard InChI is InChI=1S/C11H8BrNO3S/c12-8-3-1-2-4-9(8)16-6-7-5-13-17-10(7)11(14)15/h1-5H,6H2,(H,14,15). The topological polar surface area (TPSA) is 59.4 Å². The normalized spacial score (nSPS) is 10.2. The van der Waals surface area contributed by atoms with E-state index in [0.717, 1.165) is 16.0 Å². The van der Waals surface area contributed by atoms with Gasteiger partial charge in [0.2, 0.25) is 0 Å². The van der Waals surface area contributed by atoms with E-state index in [0.29, 0.717) is 11.3 Å². The minimum atomic E-state index is -0.974. The number of para-hydroxylation sites is 1. The van der Waals surface area contributed by atoms with E-state index in [4.69, 9.17) is 9.84 Å². The lowest BCUT2D eigenvalue weighted by atomic mass is 10.3. The van der Waals surface area contributed by atoms with Crippen molar-refractivity contribution in [3.05, 3.63) is 45.4 Å². The van der Waals surface area contributed by atoms with E-state index in [9.17, 15) is 4.79 Å². The van der Waals surface area contributed by atoms with E-state index >= 15 is 0 Å². The number of ether oxygens (including phenoxy) is 1. The van der Waals surface area contributed by atoms with E-state index < -0.39 is 5.97 Å². The molecule has 2 aromatic rings. The fourth-order valence-electron chi connectivity index (χ4n) is 1.26. The van der Waals surface area contributed by atoms with Gasteiger partial charge in [0.1, 0.15) is 17.2 Å². The summed E-state index contributed by atoms with van der Waals surface area (Å²) in [6.07, 6.45) is 1.52. The number of carbonyl (C=O) groups is 1. The molecule has 0 amide bonds. The molecule has 2 rings (SSSR count). The molecule has 0 aliphatic carbocycles. The zero-order valence-corrected chi connectivity index (χ0v) is 11.0. The fourth-order valence-corrected chi connectivity index (χ4v) is 2.25. The second-order valence-corrected chi connectivity index (χ2v) is 4.86. The SMILES string of the molecule is O=C(O)c1sncc1COc1ccccc1Br. The van der Waals surface area contributed by atoms with Crippen LogP contribution in [0, 0.1) is 0 Å². The Kier molecular flexibility index (Phi) is 3.75. The second kappa shape index (κ2) is 5.29. The van der Waals surface area contributed by atoms with Crippen LogP contribution in [0.25, 0.3) is 0 Å². The van der Waals surface area contributed by atoms with Crippen molar-refractivity contribution in [3.63, 3.8) is 0 Å². The van der Waals surface area contributed by atoms with Crippen molar-refractivity contribution in [1.29, 1.82) is 0 Å². The van der Waals surface area contributed by atoms with Gasteiger partial charge in [-0.25, -0.2) is 4.79 Å². The van der Waals surface area contributed by atoms with E-state index in [1.807, 2.05) is 24.3 Å². The third-order valence-corrected chi connectivity index (χ3v) is 3.54. The van der Waals surface area contributed by atoms with Crippen molar-refractivity contribution in [2.75, 3.05) is 0 Å². The molecule has 4 nitrogen and oxygen atoms in total. The summed E-state index contributed by atoms with van der Waals surface area (Å²) in [6, 6.07) is 7.40. The van der Waals surface area contributed by atoms with Crippen molar-refractivity contribution < 1.29 is 14.6 Å². The number of aromatic carboxylic acids is 1. The van der Waals surface area contributed by atoms with Crippen molar-refractivity contribution in [2.24, 2.45) is 0 Å². The summed E-state index contributed by atoms with van der Waals surface area (Å²) >= 11 is 4.31. The summed E-state index contributed by atoms with van der Waals surface area (Å²) in [7, 11) is 0. The van der Waals surface area contributed by atoms with Gasteiger partial charge in [-0.15, -0.1) is 0 Å². The van der Waals surface area contributed by atoms with Crippen LogP contribution in [0.5, 0.6) is 5.75 Å². The molecule has 0 saturated heterocycles. The molecule has 0 aliphatic rings. The van der Waals surface area contributed by atoms with Crippen molar-refractivity contribution >= 4 is 33.4 Å². The lowest BCUT2D eigenvalue weighted by Gasteiger charge is -2.06. The van der Waals surface area contributed by atoms with E-state index in [2.05, 4.69) is 20.3 Å². The van der Waals surface area contributed by atoms with Crippen LogP contribution >= 0.6 is 27.5 Å². The number of nitrogens with zero attached hydrogens (tertiary/aromatic N) is 1. The summed E-state index contributed by atoms with van der Waals surface area (Å²) in [5.41, 5.74) is 0.582. The third kappa shape index (κ3) is 2.83. The number of aromatic nitrogens is 1. The molecule has 1 aromatic carbocycles. The largest absolute Gasteiger partial charge is 0.488 e. The van der Waals surface area contributed by atoms with Gasteiger partial charge < -0.3 is 9.84 Å². The smallest absolute Gasteiger partial charge is 0.347 e. The Morgan fingerprint density at radius 2 is 2.24 bits per heavy atom. The summed E-state index contributed by atoms with van der Waals surface area (Å²) in [5.74, 6) is -0.298. The van der Waals surface area contributed by atoms with Crippen molar-refractivity contribution in [3.8, 4) is 5.75 Å². The van der Waals surface area contributed by atoms with Crippen LogP contribution in [-0.2, 0) is 6.61 Å². The highest BCUT2D eigenvalue weighted by atomic mass is 79.9. The van der Waals surface area contributed by atoms with Gasteiger partial charge in [-0.3, -0.25) is 0 Å². The van der Waals surface area contributed by atoms with E-state index in [1.165, 1.54) is 6.20 Å². The molecule has 0 saturated carbocycles. The molecule has 0 radical (unpaired) electrons. The van der Waals surface area contributed by atoms with Crippen LogP contribution < -0.4 is 4.74 Å². The molecule has 1 N–H and O–H groups in total. The molecular weight excluding hydrogens is 306 g/mol. The zero-order chi connectivity index (χ0) is 12.3. The molecule has 0 fully saturated rings. The summed E-state index contributed by atoms with van der Waals surface area (Å²) in [6.45, 7) is 0.195. The first-order valence-electron chi connectivity index (χ1n) is 4.72. The van der Waals surface area contributed by atoms with Crippen LogP contribution in [0.2, 0.25) is 0 Å². The third-order valence-electron chi connectivity index (χ3n) is 2.06. The number of benzene rings is 1. The fraction of sp³-hybridized carbons (Fsp3) is 0.0909. The molecule has 88 valence electrons. The predicted octanol–water partition coefficient (Wildman–Crippen LogP) is 3.18. The maximum absolute atomic E-state index is 10.9. The highest BCUT2D eigenvalue weighted by molar-refractivity contribution is 9.10. The summed E-state index contributed by atoms with van der Waals surface area (Å²) in [4.78, 5) is 11.1. The molecule has 17 heavy (non-hydrogen) atoms. The van der Waals surface area contributed by atoms with Gasteiger partial charge >= 0.3 is 5.97 Å². The Bertz CT molecular complexity index is 541. The maximum Gasteiger partial charge on any atom is 0.347 e. The molecular formula is C11H8BrNO3S. The number of hydrogen-bond donors (Lipinski definition) is 1. The Morgan fingerprint density at radius 1 is 1.47 bits per heavy atom. The summed E-state index contributed by atoms with van der Waals surface area (Å²) in [5, 5.41) is 8.91. The molecule has 1 heterocycles. The molecule has 0 atom stereocenters. The molecule has 0 unspecified atom stereocenters. The Labute approximate surface area is 110 Å². The zero-order valence-electron chi connectivity index (χ0n) is 8.59. The Balaban J connectivity index is 2.10. The monoisotopic (exact) mass is 313 g/mol. The number of hydrogen-bond acceptors (Lipinski definition) is 4. The Hall–Kier alpha value is -1.40. The van der Waals surface area contributed by atoms with Gasteiger partial charge in [-0.05, 0) is 39.6 Å². The number of carboxylic acids is 1. The average Bonchev–Trinajstić information content (AvgIpc) is 2.76. The first kappa shape index (κ1) is 12.1. The minimum absolute atomic E-state index is 0.195. The highest BCUT2D eigenvalue weighted by Gasteiger charge is 2.13. The van der Waals surface area contributed by atoms with Gasteiger partial charge in [0.25, 0.3) is 0 Å². The summed E-state index contributed by atoms with van der Waals surface area (Å²) < 4.78 is 10.2.